The maximum Gasteiger partial charge on any atom is 0.412 e. The molecule has 2 aliphatic heterocycles. The molecule has 1 aromatic rings. The Hall–Kier alpha value is -1.49. The van der Waals surface area contributed by atoms with E-state index in [0.29, 0.717) is 19.0 Å². The van der Waals surface area contributed by atoms with Crippen molar-refractivity contribution in [3.8, 4) is 0 Å². The van der Waals surface area contributed by atoms with Crippen LogP contribution < -0.4 is 5.32 Å². The molecule has 2 aliphatic rings. The van der Waals surface area contributed by atoms with E-state index in [4.69, 9.17) is 0 Å². The highest BCUT2D eigenvalue weighted by Gasteiger charge is 2.35. The molecule has 1 atom stereocenters. The third kappa shape index (κ3) is 3.40. The van der Waals surface area contributed by atoms with Crippen LogP contribution in [-0.4, -0.2) is 37.3 Å². The molecule has 0 spiro atoms. The van der Waals surface area contributed by atoms with E-state index in [1.165, 1.54) is 17.3 Å². The SMILES string of the molecule is FC(F)(F)C1=CCN(CC2CNc3ccccc3C2)CC1. The maximum atomic E-state index is 12.6. The lowest BCUT2D eigenvalue weighted by atomic mass is 9.93. The minimum atomic E-state index is -4.16. The zero-order valence-electron chi connectivity index (χ0n) is 11.8. The fourth-order valence-corrected chi connectivity index (χ4v) is 3.14. The molecule has 114 valence electrons. The Morgan fingerprint density at radius 2 is 2.05 bits per heavy atom. The Balaban J connectivity index is 1.56. The lowest BCUT2D eigenvalue weighted by Crippen LogP contribution is -2.39. The predicted octanol–water partition coefficient (Wildman–Crippen LogP) is 3.47. The Bertz CT molecular complexity index is 537. The molecule has 0 aliphatic carbocycles. The van der Waals surface area contributed by atoms with Crippen LogP contribution in [0.25, 0.3) is 0 Å². The highest BCUT2D eigenvalue weighted by Crippen LogP contribution is 2.31. The second-order valence-corrected chi connectivity index (χ2v) is 5.84. The van der Waals surface area contributed by atoms with Gasteiger partial charge in [-0.05, 0) is 30.4 Å². The first kappa shape index (κ1) is 14.4. The van der Waals surface area contributed by atoms with Crippen LogP contribution in [0, 0.1) is 5.92 Å². The molecule has 0 saturated carbocycles. The molecule has 1 aromatic carbocycles. The number of halogens is 3. The Morgan fingerprint density at radius 1 is 1.24 bits per heavy atom. The smallest absolute Gasteiger partial charge is 0.384 e. The van der Waals surface area contributed by atoms with Crippen molar-refractivity contribution < 1.29 is 13.2 Å². The average molecular weight is 296 g/mol. The van der Waals surface area contributed by atoms with Crippen molar-refractivity contribution in [2.45, 2.75) is 19.0 Å². The number of alkyl halides is 3. The van der Waals surface area contributed by atoms with Gasteiger partial charge in [0, 0.05) is 37.4 Å². The van der Waals surface area contributed by atoms with E-state index < -0.39 is 6.18 Å². The van der Waals surface area contributed by atoms with Crippen molar-refractivity contribution in [1.29, 1.82) is 0 Å². The van der Waals surface area contributed by atoms with E-state index in [-0.39, 0.29) is 12.0 Å². The van der Waals surface area contributed by atoms with Crippen LogP contribution in [0.5, 0.6) is 0 Å². The van der Waals surface area contributed by atoms with Crippen molar-refractivity contribution in [2.24, 2.45) is 5.92 Å². The summed E-state index contributed by atoms with van der Waals surface area (Å²) in [5, 5.41) is 3.41. The van der Waals surface area contributed by atoms with Crippen molar-refractivity contribution >= 4 is 5.69 Å². The summed E-state index contributed by atoms with van der Waals surface area (Å²) in [6.07, 6.45) is -1.71. The highest BCUT2D eigenvalue weighted by molar-refractivity contribution is 5.53. The normalized spacial score (nSPS) is 23.2. The van der Waals surface area contributed by atoms with Crippen LogP contribution in [0.4, 0.5) is 18.9 Å². The van der Waals surface area contributed by atoms with Gasteiger partial charge in [0.15, 0.2) is 0 Å². The number of fused-ring (bicyclic) bond motifs is 1. The van der Waals surface area contributed by atoms with Gasteiger partial charge in [-0.1, -0.05) is 24.3 Å². The molecule has 0 aromatic heterocycles. The van der Waals surface area contributed by atoms with Crippen LogP contribution >= 0.6 is 0 Å². The number of hydrogen-bond acceptors (Lipinski definition) is 2. The molecule has 0 bridgehead atoms. The van der Waals surface area contributed by atoms with Gasteiger partial charge in [-0.2, -0.15) is 13.2 Å². The maximum absolute atomic E-state index is 12.6. The first-order valence-electron chi connectivity index (χ1n) is 7.33. The van der Waals surface area contributed by atoms with Gasteiger partial charge in [0.05, 0.1) is 0 Å². The molecule has 0 fully saturated rings. The Labute approximate surface area is 122 Å². The number of benzene rings is 1. The summed E-state index contributed by atoms with van der Waals surface area (Å²) in [7, 11) is 0. The van der Waals surface area contributed by atoms with Crippen LogP contribution in [-0.2, 0) is 6.42 Å². The first-order chi connectivity index (χ1) is 10.0. The van der Waals surface area contributed by atoms with Crippen LogP contribution in [0.1, 0.15) is 12.0 Å². The van der Waals surface area contributed by atoms with E-state index in [1.54, 1.807) is 0 Å². The first-order valence-corrected chi connectivity index (χ1v) is 7.33. The van der Waals surface area contributed by atoms with Gasteiger partial charge >= 0.3 is 6.18 Å². The van der Waals surface area contributed by atoms with Gasteiger partial charge in [-0.15, -0.1) is 0 Å². The van der Waals surface area contributed by atoms with Crippen LogP contribution in [0.15, 0.2) is 35.9 Å². The summed E-state index contributed by atoms with van der Waals surface area (Å²) in [6, 6.07) is 8.24. The molecular weight excluding hydrogens is 277 g/mol. The largest absolute Gasteiger partial charge is 0.412 e. The van der Waals surface area contributed by atoms with Gasteiger partial charge in [0.2, 0.25) is 0 Å². The van der Waals surface area contributed by atoms with E-state index >= 15 is 0 Å². The van der Waals surface area contributed by atoms with E-state index in [1.807, 2.05) is 12.1 Å². The van der Waals surface area contributed by atoms with Crippen molar-refractivity contribution in [2.75, 3.05) is 31.5 Å². The van der Waals surface area contributed by atoms with Crippen molar-refractivity contribution in [1.82, 2.24) is 4.90 Å². The van der Waals surface area contributed by atoms with E-state index in [0.717, 1.165) is 19.5 Å². The van der Waals surface area contributed by atoms with Crippen molar-refractivity contribution in [3.05, 3.63) is 41.5 Å². The highest BCUT2D eigenvalue weighted by atomic mass is 19.4. The van der Waals surface area contributed by atoms with Gasteiger partial charge in [-0.25, -0.2) is 0 Å². The summed E-state index contributed by atoms with van der Waals surface area (Å²) < 4.78 is 37.8. The predicted molar refractivity (Wildman–Crippen MR) is 77.3 cm³/mol. The number of anilines is 1. The van der Waals surface area contributed by atoms with Crippen molar-refractivity contribution in [3.63, 3.8) is 0 Å². The summed E-state index contributed by atoms with van der Waals surface area (Å²) >= 11 is 0. The molecule has 1 N–H and O–H groups in total. The Morgan fingerprint density at radius 3 is 2.76 bits per heavy atom. The number of para-hydroxylation sites is 1. The molecule has 1 unspecified atom stereocenters. The van der Waals surface area contributed by atoms with E-state index in [9.17, 15) is 13.2 Å². The minimum absolute atomic E-state index is 0.111. The van der Waals surface area contributed by atoms with Crippen LogP contribution in [0.3, 0.4) is 0 Å². The second-order valence-electron chi connectivity index (χ2n) is 5.84. The molecule has 2 heterocycles. The molecule has 3 rings (SSSR count). The summed E-state index contributed by atoms with van der Waals surface area (Å²) in [6.45, 7) is 2.66. The lowest BCUT2D eigenvalue weighted by molar-refractivity contribution is -0.0960. The monoisotopic (exact) mass is 296 g/mol. The number of hydrogen-bond donors (Lipinski definition) is 1. The van der Waals surface area contributed by atoms with Gasteiger partial charge in [0.1, 0.15) is 0 Å². The fourth-order valence-electron chi connectivity index (χ4n) is 3.14. The quantitative estimate of drug-likeness (QED) is 0.841. The molecule has 2 nitrogen and oxygen atoms in total. The number of nitrogens with zero attached hydrogens (tertiary/aromatic N) is 1. The summed E-state index contributed by atoms with van der Waals surface area (Å²) in [4.78, 5) is 2.12. The molecule has 21 heavy (non-hydrogen) atoms. The standard InChI is InChI=1S/C16H19F3N2/c17-16(18,19)14-5-7-21(8-6-14)11-12-9-13-3-1-2-4-15(13)20-10-12/h1-5,12,20H,6-11H2. The third-order valence-electron chi connectivity index (χ3n) is 4.28. The number of nitrogens with one attached hydrogen (secondary N) is 1. The lowest BCUT2D eigenvalue weighted by Gasteiger charge is -2.33. The molecular formula is C16H19F3N2. The zero-order valence-corrected chi connectivity index (χ0v) is 11.8. The minimum Gasteiger partial charge on any atom is -0.384 e. The molecule has 0 amide bonds. The third-order valence-corrected chi connectivity index (χ3v) is 4.28. The fraction of sp³-hybridized carbons (Fsp3) is 0.500. The molecule has 0 radical (unpaired) electrons. The number of rotatable bonds is 2. The van der Waals surface area contributed by atoms with Gasteiger partial charge in [-0.3, -0.25) is 4.90 Å². The second kappa shape index (κ2) is 5.72. The van der Waals surface area contributed by atoms with Gasteiger partial charge < -0.3 is 5.32 Å². The molecule has 5 heteroatoms. The summed E-state index contributed by atoms with van der Waals surface area (Å²) in [5.74, 6) is 0.459. The molecule has 0 saturated heterocycles. The van der Waals surface area contributed by atoms with E-state index in [2.05, 4.69) is 22.3 Å². The zero-order chi connectivity index (χ0) is 14.9. The average Bonchev–Trinajstić information content (AvgIpc) is 2.47. The van der Waals surface area contributed by atoms with Gasteiger partial charge in [0.25, 0.3) is 0 Å². The summed E-state index contributed by atoms with van der Waals surface area (Å²) in [5.41, 5.74) is 2.12. The Kier molecular flexibility index (Phi) is 3.93. The topological polar surface area (TPSA) is 15.3 Å². The van der Waals surface area contributed by atoms with Crippen LogP contribution in [0.2, 0.25) is 0 Å².